The molecule has 0 unspecified atom stereocenters. The van der Waals surface area contributed by atoms with Crippen molar-refractivity contribution in [2.24, 2.45) is 0 Å². The van der Waals surface area contributed by atoms with Gasteiger partial charge >= 0.3 is 45.3 Å². The molecule has 0 radical (unpaired) electrons. The molecule has 0 saturated carbocycles. The molecule has 0 spiro atoms. The standard InChI is InChI=1S/2C2H5.2BrH.Zr/c2*1-2;;;/h2*1H2,2H3;2*1H;/q;;;;+2/p-2. The molecule has 0 aliphatic carbocycles. The maximum atomic E-state index is 2.29. The maximum Gasteiger partial charge on any atom is -1.00 e. The van der Waals surface area contributed by atoms with Crippen LogP contribution in [0.15, 0.2) is 0 Å². The zero-order chi connectivity index (χ0) is 4.12. The second-order valence-electron chi connectivity index (χ2n) is 0.957. The second kappa shape index (κ2) is 15.7. The molecular formula is C4H10Br2Zr. The molecule has 0 amide bonds. The molecule has 3 heteroatoms. The molecule has 0 aromatic carbocycles. The quantitative estimate of drug-likeness (QED) is 0.487. The molecule has 0 aliphatic rings. The molecule has 0 nitrogen and oxygen atoms in total. The van der Waals surface area contributed by atoms with Gasteiger partial charge in [-0.25, -0.2) is 0 Å². The molecule has 0 aromatic rings. The van der Waals surface area contributed by atoms with Crippen LogP contribution in [-0.2, 0) is 23.2 Å². The molecule has 0 aromatic heterocycles. The van der Waals surface area contributed by atoms with E-state index in [1.807, 2.05) is 0 Å². The van der Waals surface area contributed by atoms with Crippen molar-refractivity contribution in [2.45, 2.75) is 22.1 Å². The van der Waals surface area contributed by atoms with E-state index >= 15 is 0 Å². The van der Waals surface area contributed by atoms with Crippen molar-refractivity contribution in [3.63, 3.8) is 0 Å². The summed E-state index contributed by atoms with van der Waals surface area (Å²) in [6.07, 6.45) is 0. The van der Waals surface area contributed by atoms with E-state index in [2.05, 4.69) is 13.8 Å². The Morgan fingerprint density at radius 1 is 1.00 bits per heavy atom. The van der Waals surface area contributed by atoms with E-state index in [4.69, 9.17) is 0 Å². The Hall–Kier alpha value is 1.84. The summed E-state index contributed by atoms with van der Waals surface area (Å²) in [5, 5.41) is 0. The van der Waals surface area contributed by atoms with Gasteiger partial charge in [0.05, 0.1) is 0 Å². The molecule has 0 atom stereocenters. The van der Waals surface area contributed by atoms with Crippen LogP contribution in [0.4, 0.5) is 0 Å². The van der Waals surface area contributed by atoms with Crippen LogP contribution in [0.1, 0.15) is 13.8 Å². The van der Waals surface area contributed by atoms with E-state index in [9.17, 15) is 0 Å². The molecule has 0 bridgehead atoms. The summed E-state index contributed by atoms with van der Waals surface area (Å²) in [6, 6.07) is 0. The van der Waals surface area contributed by atoms with Crippen LogP contribution in [0.25, 0.3) is 0 Å². The Morgan fingerprint density at radius 2 is 1.29 bits per heavy atom. The first kappa shape index (κ1) is 15.9. The van der Waals surface area contributed by atoms with Crippen molar-refractivity contribution in [1.82, 2.24) is 0 Å². The Bertz CT molecular complexity index is 17.2. The molecule has 0 aliphatic heterocycles. The van der Waals surface area contributed by atoms with Crippen molar-refractivity contribution in [1.29, 1.82) is 0 Å². The van der Waals surface area contributed by atoms with E-state index < -0.39 is 0 Å². The Labute approximate surface area is 78.6 Å². The predicted octanol–water partition coefficient (Wildman–Crippen LogP) is -4.05. The van der Waals surface area contributed by atoms with E-state index in [0.717, 1.165) is 0 Å². The van der Waals surface area contributed by atoms with E-state index in [1.165, 1.54) is 8.26 Å². The topological polar surface area (TPSA) is 0 Å². The number of rotatable bonds is 2. The fraction of sp³-hybridized carbons (Fsp3) is 1.00. The molecule has 0 heterocycles. The molecule has 44 valence electrons. The van der Waals surface area contributed by atoms with Gasteiger partial charge in [0.2, 0.25) is 0 Å². The molecule has 7 heavy (non-hydrogen) atoms. The van der Waals surface area contributed by atoms with Gasteiger partial charge in [0.1, 0.15) is 0 Å². The van der Waals surface area contributed by atoms with E-state index in [-0.39, 0.29) is 57.2 Å². The largest absolute Gasteiger partial charge is 1.00 e. The normalized spacial score (nSPS) is 4.86. The monoisotopic (exact) mass is 306 g/mol. The first-order chi connectivity index (χ1) is 2.41. The fourth-order valence-corrected chi connectivity index (χ4v) is 1.48. The van der Waals surface area contributed by atoms with Gasteiger partial charge in [-0.1, -0.05) is 0 Å². The zero-order valence-corrected chi connectivity index (χ0v) is 10.3. The average molecular weight is 309 g/mol. The van der Waals surface area contributed by atoms with Crippen LogP contribution in [0, 0.1) is 0 Å². The van der Waals surface area contributed by atoms with Crippen LogP contribution >= 0.6 is 0 Å². The third kappa shape index (κ3) is 18.1. The third-order valence-electron chi connectivity index (χ3n) is 0.500. The summed E-state index contributed by atoms with van der Waals surface area (Å²) in [5.74, 6) is 0. The predicted molar refractivity (Wildman–Crippen MR) is 21.0 cm³/mol. The van der Waals surface area contributed by atoms with Crippen LogP contribution in [0.5, 0.6) is 0 Å². The fourth-order valence-electron chi connectivity index (χ4n) is 0.250. The van der Waals surface area contributed by atoms with Crippen molar-refractivity contribution in [2.75, 3.05) is 0 Å². The van der Waals surface area contributed by atoms with Gasteiger partial charge in [-0.05, 0) is 0 Å². The van der Waals surface area contributed by atoms with Gasteiger partial charge in [0.15, 0.2) is 0 Å². The van der Waals surface area contributed by atoms with E-state index in [1.54, 1.807) is 0 Å². The summed E-state index contributed by atoms with van der Waals surface area (Å²) in [6.45, 7) is 4.57. The molecule has 0 fully saturated rings. The smallest absolute Gasteiger partial charge is 1.00 e. The van der Waals surface area contributed by atoms with Gasteiger partial charge in [-0.2, -0.15) is 0 Å². The van der Waals surface area contributed by atoms with Crippen LogP contribution < -0.4 is 34.0 Å². The van der Waals surface area contributed by atoms with E-state index in [0.29, 0.717) is 0 Å². The van der Waals surface area contributed by atoms with Gasteiger partial charge < -0.3 is 34.0 Å². The first-order valence-electron chi connectivity index (χ1n) is 2.12. The summed E-state index contributed by atoms with van der Waals surface area (Å²) in [7, 11) is 0. The minimum absolute atomic E-state index is 0. The van der Waals surface area contributed by atoms with Crippen molar-refractivity contribution in [3.8, 4) is 0 Å². The van der Waals surface area contributed by atoms with Crippen LogP contribution in [0.2, 0.25) is 8.26 Å². The molecule has 0 rings (SSSR count). The summed E-state index contributed by atoms with van der Waals surface area (Å²) in [5.41, 5.74) is 0. The SMILES string of the molecule is C[CH2][Zr+2][CH2]C.[Br-].[Br-]. The summed E-state index contributed by atoms with van der Waals surface area (Å²) < 4.78 is 3.03. The number of hydrogen-bond donors (Lipinski definition) is 0. The third-order valence-corrected chi connectivity index (χ3v) is 2.96. The minimum atomic E-state index is 0. The molecule has 0 N–H and O–H groups in total. The minimum Gasteiger partial charge on any atom is -1.00 e. The van der Waals surface area contributed by atoms with Crippen LogP contribution in [-0.4, -0.2) is 0 Å². The maximum absolute atomic E-state index is 2.29. The van der Waals surface area contributed by atoms with Crippen molar-refractivity contribution < 1.29 is 57.2 Å². The molecule has 0 saturated heterocycles. The molecular weight excluding hydrogens is 299 g/mol. The number of halogens is 2. The Morgan fingerprint density at radius 3 is 1.29 bits per heavy atom. The Balaban J connectivity index is -0.0000000800. The second-order valence-corrected chi connectivity index (χ2v) is 5.66. The van der Waals surface area contributed by atoms with Gasteiger partial charge in [-0.3, -0.25) is 0 Å². The van der Waals surface area contributed by atoms with Crippen molar-refractivity contribution in [3.05, 3.63) is 0 Å². The average Bonchev–Trinajstić information content (AvgIpc) is 1.41. The number of hydrogen-bond acceptors (Lipinski definition) is 0. The van der Waals surface area contributed by atoms with Gasteiger partial charge in [0, 0.05) is 0 Å². The van der Waals surface area contributed by atoms with Crippen LogP contribution in [0.3, 0.4) is 0 Å². The Kier molecular flexibility index (Phi) is 35.6. The first-order valence-corrected chi connectivity index (χ1v) is 5.60. The summed E-state index contributed by atoms with van der Waals surface area (Å²) in [4.78, 5) is 0. The van der Waals surface area contributed by atoms with Crippen molar-refractivity contribution >= 4 is 0 Å². The van der Waals surface area contributed by atoms with Gasteiger partial charge in [0.25, 0.3) is 0 Å². The summed E-state index contributed by atoms with van der Waals surface area (Å²) >= 11 is 0.218. The van der Waals surface area contributed by atoms with Gasteiger partial charge in [-0.15, -0.1) is 0 Å². The zero-order valence-electron chi connectivity index (χ0n) is 4.67.